The molecule has 2 aromatic carbocycles. The van der Waals surface area contributed by atoms with Gasteiger partial charge in [-0.3, -0.25) is 19.3 Å². The molecule has 7 rings (SSSR count). The van der Waals surface area contributed by atoms with Crippen LogP contribution >= 0.6 is 22.7 Å². The van der Waals surface area contributed by atoms with Gasteiger partial charge >= 0.3 is 5.97 Å². The molecule has 0 spiro atoms. The Bertz CT molecular complexity index is 1660. The number of aliphatic carboxylic acids is 1. The first-order chi connectivity index (χ1) is 19.5. The van der Waals surface area contributed by atoms with Crippen LogP contribution in [0.25, 0.3) is 11.1 Å². The summed E-state index contributed by atoms with van der Waals surface area (Å²) in [7, 11) is 0. The van der Waals surface area contributed by atoms with Gasteiger partial charge in [0, 0.05) is 60.4 Å². The molecule has 0 unspecified atom stereocenters. The predicted octanol–water partition coefficient (Wildman–Crippen LogP) is 4.12. The number of hydrogen-bond acceptors (Lipinski definition) is 8. The normalized spacial score (nSPS) is 16.1. The summed E-state index contributed by atoms with van der Waals surface area (Å²) in [4.78, 5) is 53.3. The molecule has 0 saturated carbocycles. The largest absolute Gasteiger partial charge is 0.480 e. The highest BCUT2D eigenvalue weighted by Crippen LogP contribution is 2.42. The lowest BCUT2D eigenvalue weighted by atomic mass is 9.93. The second kappa shape index (κ2) is 9.92. The molecular formula is C29H25N5O4S2. The molecule has 0 atom stereocenters. The Morgan fingerprint density at radius 1 is 0.850 bits per heavy atom. The molecule has 11 heteroatoms. The standard InChI is InChI=1S/C29H25N5O4S2/c35-25(36)16-32-11-9-21-24(15-32)40-27(31-21)29(38)34-13-8-20-18(4-2-6-23(20)34)17-3-1-5-22-19(17)7-12-33(22)28(37)26-30-10-14-39-26/h1-6,10,14H,7-9,11-13,15-16H2,(H,35,36). The van der Waals surface area contributed by atoms with Gasteiger partial charge in [-0.05, 0) is 47.2 Å². The molecule has 3 aliphatic heterocycles. The SMILES string of the molecule is O=C(O)CN1CCc2nc(C(=O)N3CCc4c(-c5cccc6c5CCN6C(=O)c5nccs5)cccc43)sc2C1. The zero-order chi connectivity index (χ0) is 27.4. The molecule has 1 N–H and O–H groups in total. The Kier molecular flexibility index (Phi) is 6.21. The van der Waals surface area contributed by atoms with E-state index in [-0.39, 0.29) is 18.4 Å². The van der Waals surface area contributed by atoms with Gasteiger partial charge in [-0.2, -0.15) is 0 Å². The molecular weight excluding hydrogens is 546 g/mol. The summed E-state index contributed by atoms with van der Waals surface area (Å²) in [6, 6.07) is 12.2. The number of thiazole rings is 2. The highest BCUT2D eigenvalue weighted by Gasteiger charge is 2.33. The summed E-state index contributed by atoms with van der Waals surface area (Å²) in [5, 5.41) is 11.9. The molecule has 2 aromatic heterocycles. The van der Waals surface area contributed by atoms with Crippen LogP contribution in [0.2, 0.25) is 0 Å². The van der Waals surface area contributed by atoms with Crippen LogP contribution in [0, 0.1) is 0 Å². The van der Waals surface area contributed by atoms with E-state index in [9.17, 15) is 14.4 Å². The van der Waals surface area contributed by atoms with Crippen molar-refractivity contribution in [2.45, 2.75) is 25.8 Å². The Hall–Kier alpha value is -3.93. The second-order valence-corrected chi connectivity index (χ2v) is 12.1. The van der Waals surface area contributed by atoms with Gasteiger partial charge in [0.15, 0.2) is 10.0 Å². The van der Waals surface area contributed by atoms with Crippen molar-refractivity contribution in [3.8, 4) is 11.1 Å². The average Bonchev–Trinajstić information content (AvgIpc) is 3.76. The van der Waals surface area contributed by atoms with Gasteiger partial charge in [0.2, 0.25) is 0 Å². The predicted molar refractivity (Wildman–Crippen MR) is 153 cm³/mol. The van der Waals surface area contributed by atoms with Crippen LogP contribution in [0.3, 0.4) is 0 Å². The van der Waals surface area contributed by atoms with E-state index in [0.29, 0.717) is 42.6 Å². The molecule has 202 valence electrons. The van der Waals surface area contributed by atoms with Crippen molar-refractivity contribution < 1.29 is 19.5 Å². The molecule has 0 bridgehead atoms. The molecule has 0 aliphatic carbocycles. The first kappa shape index (κ1) is 25.1. The lowest BCUT2D eigenvalue weighted by molar-refractivity contribution is -0.138. The number of nitrogens with zero attached hydrogens (tertiary/aromatic N) is 5. The number of rotatable bonds is 5. The van der Waals surface area contributed by atoms with Crippen molar-refractivity contribution in [1.29, 1.82) is 0 Å². The lowest BCUT2D eigenvalue weighted by Gasteiger charge is -2.23. The number of amides is 2. The van der Waals surface area contributed by atoms with Gasteiger partial charge in [0.05, 0.1) is 12.2 Å². The van der Waals surface area contributed by atoms with Gasteiger partial charge in [-0.15, -0.1) is 22.7 Å². The Labute approximate surface area is 238 Å². The van der Waals surface area contributed by atoms with Crippen LogP contribution in [0.15, 0.2) is 48.0 Å². The molecule has 0 fully saturated rings. The zero-order valence-corrected chi connectivity index (χ0v) is 23.1. The van der Waals surface area contributed by atoms with Gasteiger partial charge < -0.3 is 14.9 Å². The number of fused-ring (bicyclic) bond motifs is 3. The maximum absolute atomic E-state index is 13.7. The lowest BCUT2D eigenvalue weighted by Crippen LogP contribution is -2.34. The van der Waals surface area contributed by atoms with Crippen LogP contribution in [0.1, 0.15) is 41.3 Å². The van der Waals surface area contributed by atoms with Crippen molar-refractivity contribution in [3.63, 3.8) is 0 Å². The highest BCUT2D eigenvalue weighted by atomic mass is 32.1. The monoisotopic (exact) mass is 571 g/mol. The van der Waals surface area contributed by atoms with Crippen molar-refractivity contribution in [1.82, 2.24) is 14.9 Å². The third-order valence-electron chi connectivity index (χ3n) is 7.80. The smallest absolute Gasteiger partial charge is 0.317 e. The summed E-state index contributed by atoms with van der Waals surface area (Å²) >= 11 is 2.73. The number of benzene rings is 2. The molecule has 9 nitrogen and oxygen atoms in total. The third-order valence-corrected chi connectivity index (χ3v) is 9.63. The van der Waals surface area contributed by atoms with E-state index >= 15 is 0 Å². The maximum Gasteiger partial charge on any atom is 0.317 e. The Morgan fingerprint density at radius 2 is 1.50 bits per heavy atom. The molecule has 0 saturated heterocycles. The van der Waals surface area contributed by atoms with E-state index in [0.717, 1.165) is 57.0 Å². The fourth-order valence-electron chi connectivity index (χ4n) is 6.02. The van der Waals surface area contributed by atoms with Crippen LogP contribution in [0.5, 0.6) is 0 Å². The Morgan fingerprint density at radius 3 is 2.10 bits per heavy atom. The first-order valence-electron chi connectivity index (χ1n) is 13.2. The van der Waals surface area contributed by atoms with E-state index in [4.69, 9.17) is 5.11 Å². The van der Waals surface area contributed by atoms with Crippen molar-refractivity contribution in [2.24, 2.45) is 0 Å². The maximum atomic E-state index is 13.7. The summed E-state index contributed by atoms with van der Waals surface area (Å²) in [5.41, 5.74) is 7.19. The van der Waals surface area contributed by atoms with E-state index in [2.05, 4.69) is 22.1 Å². The summed E-state index contributed by atoms with van der Waals surface area (Å²) in [5.74, 6) is -1.03. The van der Waals surface area contributed by atoms with E-state index in [1.165, 1.54) is 22.7 Å². The van der Waals surface area contributed by atoms with Crippen molar-refractivity contribution in [2.75, 3.05) is 36.0 Å². The van der Waals surface area contributed by atoms with Crippen LogP contribution in [-0.2, 0) is 30.6 Å². The van der Waals surface area contributed by atoms with Gasteiger partial charge in [0.25, 0.3) is 11.8 Å². The number of carbonyl (C=O) groups is 3. The topological polar surface area (TPSA) is 107 Å². The average molecular weight is 572 g/mol. The molecule has 5 heterocycles. The number of carbonyl (C=O) groups excluding carboxylic acids is 2. The van der Waals surface area contributed by atoms with Crippen LogP contribution < -0.4 is 9.80 Å². The number of anilines is 2. The molecule has 3 aliphatic rings. The third kappa shape index (κ3) is 4.21. The number of carboxylic acids is 1. The zero-order valence-electron chi connectivity index (χ0n) is 21.5. The van der Waals surface area contributed by atoms with Crippen molar-refractivity contribution >= 4 is 51.8 Å². The van der Waals surface area contributed by atoms with E-state index < -0.39 is 5.97 Å². The van der Waals surface area contributed by atoms with Crippen LogP contribution in [-0.4, -0.2) is 63.9 Å². The molecule has 40 heavy (non-hydrogen) atoms. The quantitative estimate of drug-likeness (QED) is 0.384. The fraction of sp³-hybridized carbons (Fsp3) is 0.276. The minimum Gasteiger partial charge on any atom is -0.480 e. The van der Waals surface area contributed by atoms with E-state index in [1.54, 1.807) is 6.20 Å². The van der Waals surface area contributed by atoms with Crippen LogP contribution in [0.4, 0.5) is 11.4 Å². The first-order valence-corrected chi connectivity index (χ1v) is 14.9. The van der Waals surface area contributed by atoms with Gasteiger partial charge in [-0.25, -0.2) is 9.97 Å². The fourth-order valence-corrected chi connectivity index (χ4v) is 7.70. The number of aromatic nitrogens is 2. The Balaban J connectivity index is 1.17. The summed E-state index contributed by atoms with van der Waals surface area (Å²) in [6.07, 6.45) is 3.80. The van der Waals surface area contributed by atoms with Gasteiger partial charge in [0.1, 0.15) is 0 Å². The second-order valence-electron chi connectivity index (χ2n) is 10.1. The van der Waals surface area contributed by atoms with E-state index in [1.807, 2.05) is 44.3 Å². The summed E-state index contributed by atoms with van der Waals surface area (Å²) < 4.78 is 0. The minimum atomic E-state index is -0.850. The molecule has 0 radical (unpaired) electrons. The van der Waals surface area contributed by atoms with Gasteiger partial charge in [-0.1, -0.05) is 24.3 Å². The number of hydrogen-bond donors (Lipinski definition) is 1. The number of carboxylic acid groups (broad SMARTS) is 1. The minimum absolute atomic E-state index is 0.0110. The summed E-state index contributed by atoms with van der Waals surface area (Å²) in [6.45, 7) is 2.31. The van der Waals surface area contributed by atoms with Crippen molar-refractivity contribution in [3.05, 3.63) is 79.7 Å². The molecule has 2 amide bonds. The highest BCUT2D eigenvalue weighted by molar-refractivity contribution is 7.13. The molecule has 4 aromatic rings.